The molecule has 5 nitrogen and oxygen atoms in total. The first-order valence-corrected chi connectivity index (χ1v) is 8.15. The van der Waals surface area contributed by atoms with Gasteiger partial charge in [-0.05, 0) is 30.5 Å². The highest BCUT2D eigenvalue weighted by molar-refractivity contribution is 7.98. The largest absolute Gasteiger partial charge is 0.354 e. The number of nitrogens with one attached hydrogen (secondary N) is 2. The predicted molar refractivity (Wildman–Crippen MR) is 70.0 cm³/mol. The number of hydrogen-bond donors (Lipinski definition) is 2. The maximum Gasteiger partial charge on any atom is 0.240 e. The summed E-state index contributed by atoms with van der Waals surface area (Å²) in [6.45, 7) is 0.348. The fourth-order valence-corrected chi connectivity index (χ4v) is 3.38. The zero-order valence-corrected chi connectivity index (χ0v) is 11.5. The molecule has 1 saturated heterocycles. The van der Waals surface area contributed by atoms with Crippen LogP contribution in [0.5, 0.6) is 0 Å². The van der Waals surface area contributed by atoms with Crippen LogP contribution in [-0.2, 0) is 14.8 Å². The fourth-order valence-electron chi connectivity index (χ4n) is 1.73. The van der Waals surface area contributed by atoms with Gasteiger partial charge in [-0.25, -0.2) is 13.1 Å². The van der Waals surface area contributed by atoms with E-state index in [1.54, 1.807) is 36.0 Å². The standard InChI is InChI=1S/C11H14N2O3S2/c1-17-9-2-4-10(5-3-9)18(15,16)13-8-6-11(14)12-7-8/h2-5,8,13H,6-7H2,1H3,(H,12,14)/t8-/m1/s1. The quantitative estimate of drug-likeness (QED) is 0.794. The zero-order valence-electron chi connectivity index (χ0n) is 9.84. The molecule has 0 saturated carbocycles. The number of thioether (sulfide) groups is 1. The Morgan fingerprint density at radius 1 is 1.33 bits per heavy atom. The normalized spacial score (nSPS) is 19.8. The summed E-state index contributed by atoms with van der Waals surface area (Å²) < 4.78 is 26.6. The molecule has 0 aromatic heterocycles. The molecule has 0 bridgehead atoms. The highest BCUT2D eigenvalue weighted by Gasteiger charge is 2.26. The summed E-state index contributed by atoms with van der Waals surface area (Å²) in [5.41, 5.74) is 0. The zero-order chi connectivity index (χ0) is 13.2. The van der Waals surface area contributed by atoms with Gasteiger partial charge >= 0.3 is 0 Å². The second-order valence-corrected chi connectivity index (χ2v) is 6.60. The SMILES string of the molecule is CSc1ccc(S(=O)(=O)N[C@H]2CNC(=O)C2)cc1. The van der Waals surface area contributed by atoms with Gasteiger partial charge in [-0.15, -0.1) is 11.8 Å². The van der Waals surface area contributed by atoms with Gasteiger partial charge in [-0.1, -0.05) is 0 Å². The van der Waals surface area contributed by atoms with Crippen LogP contribution in [0, 0.1) is 0 Å². The van der Waals surface area contributed by atoms with E-state index in [9.17, 15) is 13.2 Å². The van der Waals surface area contributed by atoms with Gasteiger partial charge in [-0.3, -0.25) is 4.79 Å². The Balaban J connectivity index is 2.12. The summed E-state index contributed by atoms with van der Waals surface area (Å²) in [7, 11) is -3.54. The topological polar surface area (TPSA) is 75.3 Å². The van der Waals surface area contributed by atoms with Crippen molar-refractivity contribution in [2.45, 2.75) is 22.3 Å². The van der Waals surface area contributed by atoms with Gasteiger partial charge < -0.3 is 5.32 Å². The molecule has 2 N–H and O–H groups in total. The van der Waals surface area contributed by atoms with Crippen LogP contribution in [0.2, 0.25) is 0 Å². The van der Waals surface area contributed by atoms with Gasteiger partial charge in [0.2, 0.25) is 15.9 Å². The van der Waals surface area contributed by atoms with Crippen molar-refractivity contribution < 1.29 is 13.2 Å². The number of sulfonamides is 1. The van der Waals surface area contributed by atoms with E-state index in [1.807, 2.05) is 6.26 Å². The summed E-state index contributed by atoms with van der Waals surface area (Å²) in [6, 6.07) is 6.30. The van der Waals surface area contributed by atoms with Gasteiger partial charge in [-0.2, -0.15) is 0 Å². The molecule has 0 unspecified atom stereocenters. The lowest BCUT2D eigenvalue weighted by Crippen LogP contribution is -2.36. The van der Waals surface area contributed by atoms with Crippen molar-refractivity contribution >= 4 is 27.7 Å². The van der Waals surface area contributed by atoms with Crippen LogP contribution in [0.25, 0.3) is 0 Å². The minimum absolute atomic E-state index is 0.125. The minimum atomic E-state index is -3.54. The Morgan fingerprint density at radius 2 is 2.00 bits per heavy atom. The molecule has 18 heavy (non-hydrogen) atoms. The van der Waals surface area contributed by atoms with Crippen molar-refractivity contribution in [3.8, 4) is 0 Å². The van der Waals surface area contributed by atoms with Crippen LogP contribution in [0.3, 0.4) is 0 Å². The molecule has 0 aliphatic carbocycles. The molecule has 1 aliphatic heterocycles. The van der Waals surface area contributed by atoms with Gasteiger partial charge in [0, 0.05) is 23.9 Å². The monoisotopic (exact) mass is 286 g/mol. The highest BCUT2D eigenvalue weighted by Crippen LogP contribution is 2.18. The molecule has 0 spiro atoms. The first-order chi connectivity index (χ1) is 8.51. The molecule has 1 heterocycles. The van der Waals surface area contributed by atoms with Crippen molar-refractivity contribution in [2.24, 2.45) is 0 Å². The van der Waals surface area contributed by atoms with Crippen LogP contribution < -0.4 is 10.0 Å². The molecule has 1 amide bonds. The third kappa shape index (κ3) is 3.04. The minimum Gasteiger partial charge on any atom is -0.354 e. The average Bonchev–Trinajstić information content (AvgIpc) is 2.74. The number of amides is 1. The number of hydrogen-bond acceptors (Lipinski definition) is 4. The van der Waals surface area contributed by atoms with E-state index in [0.29, 0.717) is 6.54 Å². The van der Waals surface area contributed by atoms with Crippen molar-refractivity contribution in [3.63, 3.8) is 0 Å². The Kier molecular flexibility index (Phi) is 3.94. The molecule has 2 rings (SSSR count). The number of carbonyl (C=O) groups is 1. The van der Waals surface area contributed by atoms with Gasteiger partial charge in [0.05, 0.1) is 4.90 Å². The highest BCUT2D eigenvalue weighted by atomic mass is 32.2. The number of benzene rings is 1. The Labute approximate surface area is 110 Å². The van der Waals surface area contributed by atoms with E-state index in [-0.39, 0.29) is 23.3 Å². The van der Waals surface area contributed by atoms with E-state index in [4.69, 9.17) is 0 Å². The Morgan fingerprint density at radius 3 is 2.50 bits per heavy atom. The third-order valence-corrected chi connectivity index (χ3v) is 4.95. The molecule has 1 atom stereocenters. The molecular weight excluding hydrogens is 272 g/mol. The summed E-state index contributed by atoms with van der Waals surface area (Å²) in [5.74, 6) is -0.125. The lowest BCUT2D eigenvalue weighted by molar-refractivity contribution is -0.119. The summed E-state index contributed by atoms with van der Waals surface area (Å²) in [6.07, 6.45) is 2.12. The first-order valence-electron chi connectivity index (χ1n) is 5.44. The second kappa shape index (κ2) is 5.29. The molecule has 7 heteroatoms. The molecule has 1 fully saturated rings. The third-order valence-electron chi connectivity index (χ3n) is 2.67. The van der Waals surface area contributed by atoms with Gasteiger partial charge in [0.1, 0.15) is 0 Å². The average molecular weight is 286 g/mol. The Hall–Kier alpha value is -1.05. The van der Waals surface area contributed by atoms with Crippen LogP contribution in [0.1, 0.15) is 6.42 Å². The molecule has 1 aromatic carbocycles. The molecule has 1 aliphatic rings. The lowest BCUT2D eigenvalue weighted by atomic mass is 10.3. The van der Waals surface area contributed by atoms with Crippen molar-refractivity contribution in [1.82, 2.24) is 10.0 Å². The lowest BCUT2D eigenvalue weighted by Gasteiger charge is -2.11. The van der Waals surface area contributed by atoms with Crippen molar-refractivity contribution in [2.75, 3.05) is 12.8 Å². The van der Waals surface area contributed by atoms with Crippen molar-refractivity contribution in [1.29, 1.82) is 0 Å². The van der Waals surface area contributed by atoms with Crippen LogP contribution in [-0.4, -0.2) is 33.2 Å². The maximum absolute atomic E-state index is 12.0. The number of rotatable bonds is 4. The van der Waals surface area contributed by atoms with E-state index in [2.05, 4.69) is 10.0 Å². The van der Waals surface area contributed by atoms with Gasteiger partial charge in [0.15, 0.2) is 0 Å². The second-order valence-electron chi connectivity index (χ2n) is 4.00. The molecule has 0 radical (unpaired) electrons. The van der Waals surface area contributed by atoms with E-state index in [0.717, 1.165) is 4.90 Å². The molecule has 98 valence electrons. The van der Waals surface area contributed by atoms with Crippen LogP contribution in [0.4, 0.5) is 0 Å². The molecular formula is C11H14N2O3S2. The van der Waals surface area contributed by atoms with E-state index in [1.165, 1.54) is 0 Å². The smallest absolute Gasteiger partial charge is 0.240 e. The summed E-state index contributed by atoms with van der Waals surface area (Å²) >= 11 is 1.55. The number of carbonyl (C=O) groups excluding carboxylic acids is 1. The summed E-state index contributed by atoms with van der Waals surface area (Å²) in [5, 5.41) is 2.59. The van der Waals surface area contributed by atoms with E-state index < -0.39 is 10.0 Å². The maximum atomic E-state index is 12.0. The Bertz CT molecular complexity index is 540. The van der Waals surface area contributed by atoms with E-state index >= 15 is 0 Å². The summed E-state index contributed by atoms with van der Waals surface area (Å²) in [4.78, 5) is 12.2. The van der Waals surface area contributed by atoms with Crippen LogP contribution >= 0.6 is 11.8 Å². The first kappa shape index (κ1) is 13.4. The molecule has 1 aromatic rings. The fraction of sp³-hybridized carbons (Fsp3) is 0.364. The van der Waals surface area contributed by atoms with Crippen LogP contribution in [0.15, 0.2) is 34.1 Å². The van der Waals surface area contributed by atoms with Gasteiger partial charge in [0.25, 0.3) is 0 Å². The van der Waals surface area contributed by atoms with Crippen molar-refractivity contribution in [3.05, 3.63) is 24.3 Å². The predicted octanol–water partition coefficient (Wildman–Crippen LogP) is 0.575.